The predicted octanol–water partition coefficient (Wildman–Crippen LogP) is 0.789. The van der Waals surface area contributed by atoms with Crippen LogP contribution in [0.4, 0.5) is 5.95 Å². The number of amides is 1. The van der Waals surface area contributed by atoms with Crippen molar-refractivity contribution in [2.75, 3.05) is 5.32 Å². The van der Waals surface area contributed by atoms with E-state index < -0.39 is 17.8 Å². The molecule has 6 nitrogen and oxygen atoms in total. The van der Waals surface area contributed by atoms with Gasteiger partial charge in [-0.1, -0.05) is 11.6 Å². The molecule has 1 aromatic rings. The van der Waals surface area contributed by atoms with Crippen LogP contribution in [0.5, 0.6) is 0 Å². The van der Waals surface area contributed by atoms with Gasteiger partial charge in [-0.25, -0.2) is 9.97 Å². The van der Waals surface area contributed by atoms with Gasteiger partial charge >= 0.3 is 5.97 Å². The first-order valence-electron chi connectivity index (χ1n) is 4.60. The Bertz CT molecular complexity index is 451. The first kappa shape index (κ1) is 10.8. The molecule has 0 saturated heterocycles. The van der Waals surface area contributed by atoms with Gasteiger partial charge in [0.2, 0.25) is 11.9 Å². The van der Waals surface area contributed by atoms with E-state index >= 15 is 0 Å². The number of nitrogens with zero attached hydrogens (tertiary/aromatic N) is 2. The number of carboxylic acids is 1. The zero-order valence-electron chi connectivity index (χ0n) is 8.05. The van der Waals surface area contributed by atoms with Crippen molar-refractivity contribution < 1.29 is 14.7 Å². The number of carbonyl (C=O) groups excluding carboxylic acids is 1. The molecule has 1 heterocycles. The Hall–Kier alpha value is -1.69. The number of anilines is 1. The lowest BCUT2D eigenvalue weighted by atomic mass is 10.3. The highest BCUT2D eigenvalue weighted by molar-refractivity contribution is 6.29. The molecular weight excluding hydrogens is 234 g/mol. The van der Waals surface area contributed by atoms with Crippen LogP contribution in [-0.4, -0.2) is 27.0 Å². The van der Waals surface area contributed by atoms with Crippen molar-refractivity contribution in [1.82, 2.24) is 9.97 Å². The molecule has 1 fully saturated rings. The average molecular weight is 242 g/mol. The fourth-order valence-corrected chi connectivity index (χ4v) is 1.49. The van der Waals surface area contributed by atoms with Crippen molar-refractivity contribution in [3.8, 4) is 0 Å². The lowest BCUT2D eigenvalue weighted by Crippen LogP contribution is -2.18. The van der Waals surface area contributed by atoms with Crippen molar-refractivity contribution in [1.29, 1.82) is 0 Å². The molecule has 0 spiro atoms. The van der Waals surface area contributed by atoms with Crippen LogP contribution < -0.4 is 5.32 Å². The Morgan fingerprint density at radius 1 is 1.50 bits per heavy atom. The van der Waals surface area contributed by atoms with E-state index in [1.165, 1.54) is 12.3 Å². The number of rotatable bonds is 3. The predicted molar refractivity (Wildman–Crippen MR) is 54.9 cm³/mol. The van der Waals surface area contributed by atoms with Crippen LogP contribution in [0.1, 0.15) is 6.42 Å². The smallest absolute Gasteiger partial charge is 0.307 e. The normalized spacial score (nSPS) is 22.6. The second-order valence-corrected chi connectivity index (χ2v) is 3.87. The summed E-state index contributed by atoms with van der Waals surface area (Å²) >= 11 is 5.61. The highest BCUT2D eigenvalue weighted by Gasteiger charge is 2.48. The molecule has 16 heavy (non-hydrogen) atoms. The Morgan fingerprint density at radius 3 is 2.81 bits per heavy atom. The summed E-state index contributed by atoms with van der Waals surface area (Å²) in [6.45, 7) is 0. The maximum Gasteiger partial charge on any atom is 0.307 e. The topological polar surface area (TPSA) is 92.2 Å². The van der Waals surface area contributed by atoms with Gasteiger partial charge in [0.1, 0.15) is 5.15 Å². The number of aliphatic carboxylic acids is 1. The summed E-state index contributed by atoms with van der Waals surface area (Å²) in [6, 6.07) is 1.48. The van der Waals surface area contributed by atoms with Gasteiger partial charge in [0.15, 0.2) is 0 Å². The third-order valence-electron chi connectivity index (χ3n) is 2.30. The van der Waals surface area contributed by atoms with E-state index in [4.69, 9.17) is 16.7 Å². The molecule has 0 aromatic carbocycles. The highest BCUT2D eigenvalue weighted by Crippen LogP contribution is 2.39. The standard InChI is InChI=1S/C9H8ClN3O3/c10-6-1-2-11-9(12-6)13-7(14)4-3-5(4)8(15)16/h1-2,4-5H,3H2,(H,15,16)(H,11,12,13,14). The zero-order chi connectivity index (χ0) is 11.7. The number of hydrogen-bond donors (Lipinski definition) is 2. The first-order chi connectivity index (χ1) is 7.58. The Kier molecular flexibility index (Phi) is 2.74. The van der Waals surface area contributed by atoms with E-state index in [1.54, 1.807) is 0 Å². The van der Waals surface area contributed by atoms with Crippen molar-refractivity contribution in [3.05, 3.63) is 17.4 Å². The summed E-state index contributed by atoms with van der Waals surface area (Å²) in [7, 11) is 0. The quantitative estimate of drug-likeness (QED) is 0.764. The Morgan fingerprint density at radius 2 is 2.25 bits per heavy atom. The second kappa shape index (κ2) is 4.05. The van der Waals surface area contributed by atoms with E-state index in [1.807, 2.05) is 0 Å². The molecule has 1 aromatic heterocycles. The number of halogens is 1. The van der Waals surface area contributed by atoms with Gasteiger partial charge in [0.25, 0.3) is 0 Å². The molecule has 1 amide bonds. The Balaban J connectivity index is 1.96. The number of aromatic nitrogens is 2. The highest BCUT2D eigenvalue weighted by atomic mass is 35.5. The van der Waals surface area contributed by atoms with Gasteiger partial charge in [-0.2, -0.15) is 0 Å². The van der Waals surface area contributed by atoms with Crippen LogP contribution in [-0.2, 0) is 9.59 Å². The molecule has 2 atom stereocenters. The number of nitrogens with one attached hydrogen (secondary N) is 1. The van der Waals surface area contributed by atoms with Crippen molar-refractivity contribution in [2.45, 2.75) is 6.42 Å². The summed E-state index contributed by atoms with van der Waals surface area (Å²) in [5.74, 6) is -2.31. The summed E-state index contributed by atoms with van der Waals surface area (Å²) in [6.07, 6.45) is 1.77. The summed E-state index contributed by atoms with van der Waals surface area (Å²) in [4.78, 5) is 29.6. The minimum Gasteiger partial charge on any atom is -0.481 e. The average Bonchev–Trinajstić information content (AvgIpc) is 2.96. The minimum atomic E-state index is -0.952. The van der Waals surface area contributed by atoms with E-state index in [0.29, 0.717) is 6.42 Å². The SMILES string of the molecule is O=C(O)C1CC1C(=O)Nc1nccc(Cl)n1. The van der Waals surface area contributed by atoms with Gasteiger partial charge < -0.3 is 5.11 Å². The Labute approximate surface area is 95.7 Å². The molecule has 84 valence electrons. The van der Waals surface area contributed by atoms with E-state index in [0.717, 1.165) is 0 Å². The molecule has 7 heteroatoms. The van der Waals surface area contributed by atoms with E-state index in [-0.39, 0.29) is 17.0 Å². The molecule has 1 aliphatic carbocycles. The molecule has 2 rings (SSSR count). The first-order valence-corrected chi connectivity index (χ1v) is 4.98. The third-order valence-corrected chi connectivity index (χ3v) is 2.51. The van der Waals surface area contributed by atoms with Crippen LogP contribution in [0.2, 0.25) is 5.15 Å². The van der Waals surface area contributed by atoms with Crippen molar-refractivity contribution in [3.63, 3.8) is 0 Å². The monoisotopic (exact) mass is 241 g/mol. The maximum absolute atomic E-state index is 11.5. The van der Waals surface area contributed by atoms with Gasteiger partial charge in [0.05, 0.1) is 11.8 Å². The van der Waals surface area contributed by atoms with Gasteiger partial charge in [-0.15, -0.1) is 0 Å². The molecule has 1 aliphatic rings. The summed E-state index contributed by atoms with van der Waals surface area (Å²) < 4.78 is 0. The van der Waals surface area contributed by atoms with Gasteiger partial charge in [-0.3, -0.25) is 14.9 Å². The van der Waals surface area contributed by atoms with Crippen molar-refractivity contribution >= 4 is 29.4 Å². The zero-order valence-corrected chi connectivity index (χ0v) is 8.81. The summed E-state index contributed by atoms with van der Waals surface area (Å²) in [5, 5.41) is 11.3. The van der Waals surface area contributed by atoms with Gasteiger partial charge in [-0.05, 0) is 12.5 Å². The maximum atomic E-state index is 11.5. The fourth-order valence-electron chi connectivity index (χ4n) is 1.36. The fraction of sp³-hybridized carbons (Fsp3) is 0.333. The van der Waals surface area contributed by atoms with E-state index in [2.05, 4.69) is 15.3 Å². The molecule has 0 aliphatic heterocycles. The van der Waals surface area contributed by atoms with Crippen LogP contribution in [0.25, 0.3) is 0 Å². The molecule has 2 N–H and O–H groups in total. The number of hydrogen-bond acceptors (Lipinski definition) is 4. The second-order valence-electron chi connectivity index (χ2n) is 3.48. The minimum absolute atomic E-state index is 0.0912. The summed E-state index contributed by atoms with van der Waals surface area (Å²) in [5.41, 5.74) is 0. The van der Waals surface area contributed by atoms with Crippen LogP contribution in [0.15, 0.2) is 12.3 Å². The van der Waals surface area contributed by atoms with Crippen LogP contribution >= 0.6 is 11.6 Å². The van der Waals surface area contributed by atoms with Crippen molar-refractivity contribution in [2.24, 2.45) is 11.8 Å². The van der Waals surface area contributed by atoms with Crippen LogP contribution in [0.3, 0.4) is 0 Å². The molecule has 0 radical (unpaired) electrons. The third kappa shape index (κ3) is 2.27. The molecule has 0 bridgehead atoms. The number of carboxylic acid groups (broad SMARTS) is 1. The largest absolute Gasteiger partial charge is 0.481 e. The lowest BCUT2D eigenvalue weighted by Gasteiger charge is -2.01. The molecular formula is C9H8ClN3O3. The molecule has 1 saturated carbocycles. The lowest BCUT2D eigenvalue weighted by molar-refractivity contribution is -0.139. The number of carbonyl (C=O) groups is 2. The van der Waals surface area contributed by atoms with Gasteiger partial charge in [0, 0.05) is 6.20 Å². The molecule has 2 unspecified atom stereocenters. The van der Waals surface area contributed by atoms with E-state index in [9.17, 15) is 9.59 Å². The van der Waals surface area contributed by atoms with Crippen LogP contribution in [0, 0.1) is 11.8 Å².